The molecule has 2 amide bonds. The molecular formula is C25H32FN5O. The predicted octanol–water partition coefficient (Wildman–Crippen LogP) is 3.72. The number of pyridine rings is 1. The molecule has 0 unspecified atom stereocenters. The second-order valence-corrected chi connectivity index (χ2v) is 9.65. The van der Waals surface area contributed by atoms with E-state index in [0.29, 0.717) is 12.6 Å². The summed E-state index contributed by atoms with van der Waals surface area (Å²) >= 11 is 0. The van der Waals surface area contributed by atoms with Crippen molar-refractivity contribution in [2.24, 2.45) is 0 Å². The minimum atomic E-state index is -0.216. The summed E-state index contributed by atoms with van der Waals surface area (Å²) in [5, 5.41) is 0. The van der Waals surface area contributed by atoms with Gasteiger partial charge in [0.15, 0.2) is 0 Å². The van der Waals surface area contributed by atoms with Crippen molar-refractivity contribution < 1.29 is 9.18 Å². The molecule has 6 nitrogen and oxygen atoms in total. The minimum absolute atomic E-state index is 0.0287. The molecule has 2 saturated heterocycles. The molecule has 5 rings (SSSR count). The number of carbonyl (C=O) groups is 1. The lowest BCUT2D eigenvalue weighted by Crippen LogP contribution is -2.52. The van der Waals surface area contributed by atoms with Crippen molar-refractivity contribution in [3.05, 3.63) is 54.0 Å². The highest BCUT2D eigenvalue weighted by Gasteiger charge is 2.47. The first-order valence-corrected chi connectivity index (χ1v) is 11.7. The van der Waals surface area contributed by atoms with Gasteiger partial charge in [0.25, 0.3) is 0 Å². The Hall–Kier alpha value is -2.67. The van der Waals surface area contributed by atoms with Gasteiger partial charge in [-0.3, -0.25) is 4.90 Å². The normalized spacial score (nSPS) is 21.1. The lowest BCUT2D eigenvalue weighted by Gasteiger charge is -2.45. The largest absolute Gasteiger partial charge is 0.357 e. The van der Waals surface area contributed by atoms with Crippen LogP contribution in [0, 0.1) is 5.82 Å². The highest BCUT2D eigenvalue weighted by atomic mass is 19.1. The van der Waals surface area contributed by atoms with E-state index in [1.54, 1.807) is 31.1 Å². The van der Waals surface area contributed by atoms with Crippen LogP contribution in [0.5, 0.6) is 0 Å². The summed E-state index contributed by atoms with van der Waals surface area (Å²) in [4.78, 5) is 25.8. The van der Waals surface area contributed by atoms with Gasteiger partial charge in [-0.1, -0.05) is 6.07 Å². The zero-order valence-electron chi connectivity index (χ0n) is 19.0. The molecular weight excluding hydrogens is 405 g/mol. The lowest BCUT2D eigenvalue weighted by atomic mass is 9.74. The number of rotatable bonds is 2. The molecule has 0 radical (unpaired) electrons. The SMILES string of the molecule is CN(C)C(=O)N1CC2(CCN(C3CCN(c4ccccn4)CC3)CC2)c2cc(F)ccc21. The first-order chi connectivity index (χ1) is 15.5. The third-order valence-corrected chi connectivity index (χ3v) is 7.60. The molecule has 0 saturated carbocycles. The fraction of sp³-hybridized carbons (Fsp3) is 0.520. The molecule has 0 bridgehead atoms. The summed E-state index contributed by atoms with van der Waals surface area (Å²) < 4.78 is 14.2. The van der Waals surface area contributed by atoms with Crippen LogP contribution in [-0.2, 0) is 5.41 Å². The Labute approximate surface area is 189 Å². The van der Waals surface area contributed by atoms with Crippen molar-refractivity contribution in [3.8, 4) is 0 Å². The molecule has 170 valence electrons. The average molecular weight is 438 g/mol. The van der Waals surface area contributed by atoms with Crippen molar-refractivity contribution in [2.45, 2.75) is 37.1 Å². The number of fused-ring (bicyclic) bond motifs is 2. The van der Waals surface area contributed by atoms with E-state index < -0.39 is 0 Å². The van der Waals surface area contributed by atoms with Crippen molar-refractivity contribution in [1.29, 1.82) is 0 Å². The van der Waals surface area contributed by atoms with Gasteiger partial charge in [-0.2, -0.15) is 0 Å². The molecule has 0 aliphatic carbocycles. The fourth-order valence-corrected chi connectivity index (χ4v) is 5.80. The van der Waals surface area contributed by atoms with Crippen LogP contribution in [0.3, 0.4) is 0 Å². The van der Waals surface area contributed by atoms with E-state index in [9.17, 15) is 9.18 Å². The first-order valence-electron chi connectivity index (χ1n) is 11.7. The van der Waals surface area contributed by atoms with Crippen LogP contribution in [0.1, 0.15) is 31.2 Å². The predicted molar refractivity (Wildman–Crippen MR) is 125 cm³/mol. The van der Waals surface area contributed by atoms with Crippen molar-refractivity contribution in [3.63, 3.8) is 0 Å². The van der Waals surface area contributed by atoms with Gasteiger partial charge < -0.3 is 14.7 Å². The molecule has 4 heterocycles. The molecule has 3 aliphatic heterocycles. The van der Waals surface area contributed by atoms with Gasteiger partial charge in [-0.05, 0) is 74.7 Å². The molecule has 32 heavy (non-hydrogen) atoms. The van der Waals surface area contributed by atoms with E-state index in [1.807, 2.05) is 23.2 Å². The molecule has 7 heteroatoms. The molecule has 1 aromatic carbocycles. The minimum Gasteiger partial charge on any atom is -0.357 e. The maximum absolute atomic E-state index is 14.2. The third-order valence-electron chi connectivity index (χ3n) is 7.60. The summed E-state index contributed by atoms with van der Waals surface area (Å²) in [6.45, 7) is 4.70. The number of anilines is 2. The summed E-state index contributed by atoms with van der Waals surface area (Å²) in [7, 11) is 3.55. The Morgan fingerprint density at radius 3 is 2.50 bits per heavy atom. The van der Waals surface area contributed by atoms with Gasteiger partial charge in [-0.15, -0.1) is 0 Å². The number of halogens is 1. The Balaban J connectivity index is 1.26. The molecule has 3 aliphatic rings. The van der Waals surface area contributed by atoms with Gasteiger partial charge in [-0.25, -0.2) is 14.2 Å². The number of likely N-dealkylation sites (tertiary alicyclic amines) is 1. The van der Waals surface area contributed by atoms with E-state index in [2.05, 4.69) is 20.9 Å². The van der Waals surface area contributed by atoms with Gasteiger partial charge in [0, 0.05) is 57.1 Å². The smallest absolute Gasteiger partial charge is 0.323 e. The zero-order chi connectivity index (χ0) is 22.3. The molecule has 0 N–H and O–H groups in total. The maximum atomic E-state index is 14.2. The maximum Gasteiger partial charge on any atom is 0.323 e. The summed E-state index contributed by atoms with van der Waals surface area (Å²) in [5.41, 5.74) is 1.74. The topological polar surface area (TPSA) is 42.9 Å². The van der Waals surface area contributed by atoms with E-state index >= 15 is 0 Å². The first kappa shape index (κ1) is 21.2. The molecule has 1 spiro atoms. The van der Waals surface area contributed by atoms with Crippen LogP contribution < -0.4 is 9.80 Å². The van der Waals surface area contributed by atoms with E-state index in [1.165, 1.54) is 6.07 Å². The second kappa shape index (κ2) is 8.35. The van der Waals surface area contributed by atoms with E-state index in [0.717, 1.165) is 68.9 Å². The number of carbonyl (C=O) groups excluding carboxylic acids is 1. The Kier molecular flexibility index (Phi) is 5.53. The third kappa shape index (κ3) is 3.72. The number of amides is 2. The Morgan fingerprint density at radius 2 is 1.84 bits per heavy atom. The zero-order valence-corrected chi connectivity index (χ0v) is 19.0. The highest BCUT2D eigenvalue weighted by molar-refractivity contribution is 5.95. The van der Waals surface area contributed by atoms with Crippen LogP contribution >= 0.6 is 0 Å². The summed E-state index contributed by atoms with van der Waals surface area (Å²) in [6.07, 6.45) is 6.06. The summed E-state index contributed by atoms with van der Waals surface area (Å²) in [5.74, 6) is 0.852. The number of hydrogen-bond acceptors (Lipinski definition) is 4. The van der Waals surface area contributed by atoms with Gasteiger partial charge in [0.2, 0.25) is 0 Å². The van der Waals surface area contributed by atoms with Crippen LogP contribution in [0.2, 0.25) is 0 Å². The highest BCUT2D eigenvalue weighted by Crippen LogP contribution is 2.48. The Morgan fingerprint density at radius 1 is 1.09 bits per heavy atom. The quantitative estimate of drug-likeness (QED) is 0.718. The molecule has 2 fully saturated rings. The van der Waals surface area contributed by atoms with Crippen molar-refractivity contribution in [1.82, 2.24) is 14.8 Å². The second-order valence-electron chi connectivity index (χ2n) is 9.65. The van der Waals surface area contributed by atoms with Crippen molar-refractivity contribution >= 4 is 17.5 Å². The van der Waals surface area contributed by atoms with Gasteiger partial charge in [0.1, 0.15) is 11.6 Å². The summed E-state index contributed by atoms with van der Waals surface area (Å²) in [6, 6.07) is 11.6. The van der Waals surface area contributed by atoms with Crippen LogP contribution in [0.4, 0.5) is 20.7 Å². The number of benzene rings is 1. The standard InChI is InChI=1S/C25H32FN5O/c1-28(2)24(32)31-18-25(21-17-19(26)6-7-22(21)31)10-15-29(16-11-25)20-8-13-30(14-9-20)23-5-3-4-12-27-23/h3-7,12,17,20H,8-11,13-16,18H2,1-2H3. The number of hydrogen-bond donors (Lipinski definition) is 0. The van der Waals surface area contributed by atoms with Gasteiger partial charge in [0.05, 0.1) is 0 Å². The lowest BCUT2D eigenvalue weighted by molar-refractivity contribution is 0.104. The van der Waals surface area contributed by atoms with E-state index in [4.69, 9.17) is 0 Å². The number of piperidine rings is 2. The van der Waals surface area contributed by atoms with Crippen LogP contribution in [-0.4, -0.2) is 73.7 Å². The van der Waals surface area contributed by atoms with E-state index in [-0.39, 0.29) is 17.3 Å². The average Bonchev–Trinajstić information content (AvgIpc) is 3.13. The van der Waals surface area contributed by atoms with Crippen molar-refractivity contribution in [2.75, 3.05) is 56.6 Å². The molecule has 1 aromatic heterocycles. The van der Waals surface area contributed by atoms with Crippen LogP contribution in [0.15, 0.2) is 42.6 Å². The Bertz CT molecular complexity index is 966. The molecule has 2 aromatic rings. The van der Waals surface area contributed by atoms with Crippen LogP contribution in [0.25, 0.3) is 0 Å². The van der Waals surface area contributed by atoms with Gasteiger partial charge >= 0.3 is 6.03 Å². The molecule has 0 atom stereocenters. The number of nitrogens with zero attached hydrogens (tertiary/aromatic N) is 5. The fourth-order valence-electron chi connectivity index (χ4n) is 5.80. The number of urea groups is 1. The number of aromatic nitrogens is 1. The monoisotopic (exact) mass is 437 g/mol.